The quantitative estimate of drug-likeness (QED) is 0.781. The highest BCUT2D eigenvalue weighted by Gasteiger charge is 2.21. The molecular formula is C15H16FN3O3S. The molecule has 122 valence electrons. The lowest BCUT2D eigenvalue weighted by Gasteiger charge is -2.14. The van der Waals surface area contributed by atoms with Crippen molar-refractivity contribution in [3.63, 3.8) is 0 Å². The van der Waals surface area contributed by atoms with Gasteiger partial charge in [0.05, 0.1) is 5.92 Å². The number of amides is 1. The van der Waals surface area contributed by atoms with Crippen molar-refractivity contribution in [1.82, 2.24) is 9.71 Å². The van der Waals surface area contributed by atoms with Crippen LogP contribution in [0.3, 0.4) is 0 Å². The Labute approximate surface area is 133 Å². The lowest BCUT2D eigenvalue weighted by molar-refractivity contribution is -0.121. The number of halogens is 1. The normalized spacial score (nSPS) is 12.7. The molecule has 6 nitrogen and oxygen atoms in total. The van der Waals surface area contributed by atoms with Gasteiger partial charge in [0.2, 0.25) is 15.9 Å². The minimum Gasteiger partial charge on any atom is -0.369 e. The second-order valence-electron chi connectivity index (χ2n) is 4.97. The van der Waals surface area contributed by atoms with Gasteiger partial charge in [0.15, 0.2) is 0 Å². The molecule has 0 bridgehead atoms. The Morgan fingerprint density at radius 3 is 2.52 bits per heavy atom. The van der Waals surface area contributed by atoms with Crippen LogP contribution in [0.15, 0.2) is 53.7 Å². The highest BCUT2D eigenvalue weighted by Crippen LogP contribution is 2.11. The van der Waals surface area contributed by atoms with Gasteiger partial charge in [0.1, 0.15) is 10.7 Å². The third kappa shape index (κ3) is 4.83. The van der Waals surface area contributed by atoms with E-state index in [1.54, 1.807) is 0 Å². The number of rotatable bonds is 7. The molecule has 0 saturated heterocycles. The van der Waals surface area contributed by atoms with Gasteiger partial charge in [-0.2, -0.15) is 0 Å². The Kier molecular flexibility index (Phi) is 5.41. The summed E-state index contributed by atoms with van der Waals surface area (Å²) in [6.45, 7) is -0.149. The van der Waals surface area contributed by atoms with Crippen LogP contribution in [0, 0.1) is 11.7 Å². The Balaban J connectivity index is 2.05. The summed E-state index contributed by atoms with van der Waals surface area (Å²) in [5, 5.41) is 0. The molecule has 0 aliphatic heterocycles. The van der Waals surface area contributed by atoms with Gasteiger partial charge in [-0.05, 0) is 36.2 Å². The first-order chi connectivity index (χ1) is 10.9. The predicted molar refractivity (Wildman–Crippen MR) is 82.2 cm³/mol. The molecule has 8 heteroatoms. The minimum atomic E-state index is -3.77. The average molecular weight is 337 g/mol. The van der Waals surface area contributed by atoms with E-state index in [-0.39, 0.29) is 23.7 Å². The maximum atomic E-state index is 12.9. The highest BCUT2D eigenvalue weighted by atomic mass is 32.2. The van der Waals surface area contributed by atoms with Crippen LogP contribution < -0.4 is 10.5 Å². The number of aromatic nitrogens is 1. The molecule has 1 unspecified atom stereocenters. The number of nitrogens with zero attached hydrogens (tertiary/aromatic N) is 1. The van der Waals surface area contributed by atoms with Gasteiger partial charge < -0.3 is 5.73 Å². The number of carbonyl (C=O) groups excluding carboxylic acids is 1. The fraction of sp³-hybridized carbons (Fsp3) is 0.200. The molecule has 0 aliphatic rings. The maximum Gasteiger partial charge on any atom is 0.242 e. The summed E-state index contributed by atoms with van der Waals surface area (Å²) < 4.78 is 39.4. The summed E-state index contributed by atoms with van der Waals surface area (Å²) in [5.74, 6) is -1.77. The van der Waals surface area contributed by atoms with E-state index in [0.29, 0.717) is 5.56 Å². The van der Waals surface area contributed by atoms with Crippen molar-refractivity contribution in [3.8, 4) is 0 Å². The van der Waals surface area contributed by atoms with Crippen LogP contribution in [0.1, 0.15) is 5.56 Å². The van der Waals surface area contributed by atoms with Crippen molar-refractivity contribution in [2.75, 3.05) is 6.54 Å². The smallest absolute Gasteiger partial charge is 0.242 e. The Morgan fingerprint density at radius 2 is 1.96 bits per heavy atom. The Morgan fingerprint density at radius 1 is 1.26 bits per heavy atom. The minimum absolute atomic E-state index is 0.00463. The fourth-order valence-electron chi connectivity index (χ4n) is 1.98. The van der Waals surface area contributed by atoms with E-state index < -0.39 is 21.8 Å². The summed E-state index contributed by atoms with van der Waals surface area (Å²) in [7, 11) is -3.77. The van der Waals surface area contributed by atoms with Crippen molar-refractivity contribution in [1.29, 1.82) is 0 Å². The van der Waals surface area contributed by atoms with Crippen LogP contribution in [0.25, 0.3) is 0 Å². The molecule has 2 aromatic rings. The summed E-state index contributed by atoms with van der Waals surface area (Å²) >= 11 is 0. The first-order valence-electron chi connectivity index (χ1n) is 6.82. The van der Waals surface area contributed by atoms with E-state index in [1.165, 1.54) is 48.8 Å². The van der Waals surface area contributed by atoms with Crippen LogP contribution in [0.5, 0.6) is 0 Å². The van der Waals surface area contributed by atoms with Crippen molar-refractivity contribution in [3.05, 3.63) is 60.2 Å². The monoisotopic (exact) mass is 337 g/mol. The second-order valence-corrected chi connectivity index (χ2v) is 6.74. The van der Waals surface area contributed by atoms with Crippen molar-refractivity contribution in [2.45, 2.75) is 11.3 Å². The zero-order valence-electron chi connectivity index (χ0n) is 12.1. The lowest BCUT2D eigenvalue weighted by Crippen LogP contribution is -2.37. The van der Waals surface area contributed by atoms with E-state index in [4.69, 9.17) is 5.73 Å². The first-order valence-corrected chi connectivity index (χ1v) is 8.30. The molecule has 1 aromatic heterocycles. The molecule has 1 aromatic carbocycles. The molecule has 0 saturated carbocycles. The number of nitrogens with one attached hydrogen (secondary N) is 1. The van der Waals surface area contributed by atoms with Crippen molar-refractivity contribution < 1.29 is 17.6 Å². The molecule has 23 heavy (non-hydrogen) atoms. The first kappa shape index (κ1) is 17.0. The molecule has 0 radical (unpaired) electrons. The van der Waals surface area contributed by atoms with E-state index in [0.717, 1.165) is 0 Å². The van der Waals surface area contributed by atoms with Crippen LogP contribution in [-0.4, -0.2) is 25.9 Å². The van der Waals surface area contributed by atoms with Gasteiger partial charge in [0, 0.05) is 18.9 Å². The van der Waals surface area contributed by atoms with Crippen LogP contribution in [0.2, 0.25) is 0 Å². The van der Waals surface area contributed by atoms with E-state index in [2.05, 4.69) is 9.71 Å². The van der Waals surface area contributed by atoms with Crippen LogP contribution in [0.4, 0.5) is 4.39 Å². The van der Waals surface area contributed by atoms with E-state index in [9.17, 15) is 17.6 Å². The molecular weight excluding hydrogens is 321 g/mol. The van der Waals surface area contributed by atoms with Gasteiger partial charge in [0.25, 0.3) is 0 Å². The molecule has 2 rings (SSSR count). The number of hydrogen-bond donors (Lipinski definition) is 2. The molecule has 1 atom stereocenters. The SMILES string of the molecule is NC(=O)C(CNS(=O)(=O)c1cccnc1)Cc1ccc(F)cc1. The Bertz CT molecular complexity index is 764. The summed E-state index contributed by atoms with van der Waals surface area (Å²) in [6, 6.07) is 8.50. The molecule has 3 N–H and O–H groups in total. The van der Waals surface area contributed by atoms with Gasteiger partial charge in [-0.1, -0.05) is 12.1 Å². The number of pyridine rings is 1. The summed E-state index contributed by atoms with van der Waals surface area (Å²) in [4.78, 5) is 15.3. The van der Waals surface area contributed by atoms with Gasteiger partial charge in [-0.25, -0.2) is 17.5 Å². The average Bonchev–Trinajstić information content (AvgIpc) is 2.54. The highest BCUT2D eigenvalue weighted by molar-refractivity contribution is 7.89. The number of benzene rings is 1. The number of carbonyl (C=O) groups is 1. The van der Waals surface area contributed by atoms with Crippen LogP contribution in [-0.2, 0) is 21.2 Å². The number of primary amides is 1. The Hall–Kier alpha value is -2.32. The van der Waals surface area contributed by atoms with Gasteiger partial charge in [-0.15, -0.1) is 0 Å². The third-order valence-corrected chi connectivity index (χ3v) is 4.67. The molecule has 1 amide bonds. The van der Waals surface area contributed by atoms with Crippen molar-refractivity contribution >= 4 is 15.9 Å². The standard InChI is InChI=1S/C15H16FN3O3S/c16-13-5-3-11(4-6-13)8-12(15(17)20)9-19-23(21,22)14-2-1-7-18-10-14/h1-7,10,12,19H,8-9H2,(H2,17,20). The van der Waals surface area contributed by atoms with Gasteiger partial charge >= 0.3 is 0 Å². The summed E-state index contributed by atoms with van der Waals surface area (Å²) in [6.07, 6.45) is 2.88. The zero-order chi connectivity index (χ0) is 16.9. The summed E-state index contributed by atoms with van der Waals surface area (Å²) in [5.41, 5.74) is 6.01. The number of sulfonamides is 1. The largest absolute Gasteiger partial charge is 0.369 e. The fourth-order valence-corrected chi connectivity index (χ4v) is 3.02. The third-order valence-electron chi connectivity index (χ3n) is 3.26. The molecule has 0 fully saturated rings. The molecule has 0 spiro atoms. The van der Waals surface area contributed by atoms with E-state index in [1.807, 2.05) is 0 Å². The molecule has 1 heterocycles. The topological polar surface area (TPSA) is 102 Å². The number of hydrogen-bond acceptors (Lipinski definition) is 4. The number of nitrogens with two attached hydrogens (primary N) is 1. The van der Waals surface area contributed by atoms with E-state index >= 15 is 0 Å². The zero-order valence-corrected chi connectivity index (χ0v) is 13.0. The maximum absolute atomic E-state index is 12.9. The van der Waals surface area contributed by atoms with Crippen molar-refractivity contribution in [2.24, 2.45) is 11.7 Å². The molecule has 0 aliphatic carbocycles. The van der Waals surface area contributed by atoms with Gasteiger partial charge in [-0.3, -0.25) is 9.78 Å². The lowest BCUT2D eigenvalue weighted by atomic mass is 9.99. The second kappa shape index (κ2) is 7.30. The predicted octanol–water partition coefficient (Wildman–Crippen LogP) is 0.843. The van der Waals surface area contributed by atoms with Crippen LogP contribution >= 0.6 is 0 Å².